The fourth-order valence-electron chi connectivity index (χ4n) is 6.84. The van der Waals surface area contributed by atoms with Crippen LogP contribution in [0.15, 0.2) is 110 Å². The molecule has 0 atom stereocenters. The van der Waals surface area contributed by atoms with Gasteiger partial charge in [-0.2, -0.15) is 0 Å². The summed E-state index contributed by atoms with van der Waals surface area (Å²) in [5.41, 5.74) is 9.44. The first-order valence-corrected chi connectivity index (χ1v) is 20.1. The molecule has 8 aromatic rings. The summed E-state index contributed by atoms with van der Waals surface area (Å²) in [6.07, 6.45) is 22.0. The van der Waals surface area contributed by atoms with Gasteiger partial charge in [-0.25, -0.2) is 15.0 Å². The summed E-state index contributed by atoms with van der Waals surface area (Å²) in [4.78, 5) is 17.7. The Bertz CT molecular complexity index is 2210. The molecule has 8 rings (SSSR count). The molecule has 0 amide bonds. The third kappa shape index (κ3) is 12.3. The zero-order chi connectivity index (χ0) is 41.0. The van der Waals surface area contributed by atoms with Crippen LogP contribution in [-0.4, -0.2) is 92.6 Å². The van der Waals surface area contributed by atoms with Crippen LogP contribution in [0, 0.1) is 6.92 Å². The maximum absolute atomic E-state index is 5.06. The van der Waals surface area contributed by atoms with E-state index in [1.165, 1.54) is 22.1 Å². The Balaban J connectivity index is 0.000000147. The van der Waals surface area contributed by atoms with E-state index >= 15 is 0 Å². The molecule has 0 unspecified atom stereocenters. The number of methoxy groups -OCH3 is 4. The lowest BCUT2D eigenvalue weighted by atomic mass is 10.1. The summed E-state index contributed by atoms with van der Waals surface area (Å²) in [6, 6.07) is 22.5. The Morgan fingerprint density at radius 3 is 1.90 bits per heavy atom. The second-order valence-electron chi connectivity index (χ2n) is 13.9. The van der Waals surface area contributed by atoms with E-state index in [2.05, 4.69) is 83.9 Å². The van der Waals surface area contributed by atoms with E-state index in [9.17, 15) is 0 Å². The van der Waals surface area contributed by atoms with Crippen molar-refractivity contribution in [2.24, 2.45) is 7.05 Å². The minimum Gasteiger partial charge on any atom is -0.385 e. The molecule has 0 aliphatic carbocycles. The van der Waals surface area contributed by atoms with E-state index in [1.807, 2.05) is 78.0 Å². The number of hydrogen-bond acceptors (Lipinski definition) is 8. The van der Waals surface area contributed by atoms with E-state index in [4.69, 9.17) is 18.9 Å². The smallest absolute Gasteiger partial charge is 0.113 e. The summed E-state index contributed by atoms with van der Waals surface area (Å²) in [5, 5.41) is 0. The average Bonchev–Trinajstić information content (AvgIpc) is 4.03. The molecular formula is C46H60N8O4. The SMILES string of the molecule is COCCCc1cn(C)c2cccnc12.COCCCc1nc(C)c2ccccn12.COCCCc1ncc2ccccn12.COCCCc1ncn2ccccc12. The van der Waals surface area contributed by atoms with Crippen LogP contribution < -0.4 is 0 Å². The molecule has 0 saturated heterocycles. The highest BCUT2D eigenvalue weighted by atomic mass is 16.5. The minimum atomic E-state index is 0.792. The Labute approximate surface area is 342 Å². The molecule has 0 N–H and O–H groups in total. The molecule has 58 heavy (non-hydrogen) atoms. The van der Waals surface area contributed by atoms with Crippen LogP contribution in [0.25, 0.3) is 27.6 Å². The van der Waals surface area contributed by atoms with Crippen molar-refractivity contribution in [3.63, 3.8) is 0 Å². The van der Waals surface area contributed by atoms with Crippen LogP contribution in [0.5, 0.6) is 0 Å². The maximum atomic E-state index is 5.06. The molecule has 0 radical (unpaired) electrons. The average molecular weight is 789 g/mol. The van der Waals surface area contributed by atoms with Crippen molar-refractivity contribution in [1.82, 2.24) is 37.7 Å². The van der Waals surface area contributed by atoms with Crippen molar-refractivity contribution in [2.45, 2.75) is 58.3 Å². The van der Waals surface area contributed by atoms with Gasteiger partial charge in [0.15, 0.2) is 0 Å². The van der Waals surface area contributed by atoms with Crippen molar-refractivity contribution >= 4 is 27.6 Å². The van der Waals surface area contributed by atoms with Crippen LogP contribution in [0.2, 0.25) is 0 Å². The number of fused-ring (bicyclic) bond motifs is 4. The lowest BCUT2D eigenvalue weighted by Gasteiger charge is -2.00. The van der Waals surface area contributed by atoms with Gasteiger partial charge in [-0.15, -0.1) is 0 Å². The highest BCUT2D eigenvalue weighted by Gasteiger charge is 2.08. The molecule has 0 spiro atoms. The van der Waals surface area contributed by atoms with Gasteiger partial charge in [0.2, 0.25) is 0 Å². The Morgan fingerprint density at radius 2 is 1.17 bits per heavy atom. The van der Waals surface area contributed by atoms with Crippen molar-refractivity contribution in [2.75, 3.05) is 54.9 Å². The molecule has 0 fully saturated rings. The van der Waals surface area contributed by atoms with Gasteiger partial charge in [0.1, 0.15) is 11.6 Å². The van der Waals surface area contributed by atoms with E-state index in [-0.39, 0.29) is 0 Å². The van der Waals surface area contributed by atoms with E-state index in [0.717, 1.165) is 112 Å². The number of aromatic nitrogens is 8. The van der Waals surface area contributed by atoms with Gasteiger partial charge in [-0.1, -0.05) is 18.2 Å². The third-order valence-electron chi connectivity index (χ3n) is 9.72. The Kier molecular flexibility index (Phi) is 17.9. The topological polar surface area (TPSA) is 107 Å². The summed E-state index contributed by atoms with van der Waals surface area (Å²) >= 11 is 0. The van der Waals surface area contributed by atoms with Crippen molar-refractivity contribution in [3.05, 3.63) is 139 Å². The van der Waals surface area contributed by atoms with Crippen LogP contribution in [-0.2, 0) is 51.7 Å². The number of nitrogens with zero attached hydrogens (tertiary/aromatic N) is 8. The molecule has 0 aromatic carbocycles. The Hall–Kier alpha value is -5.40. The van der Waals surface area contributed by atoms with Crippen LogP contribution >= 0.6 is 0 Å². The summed E-state index contributed by atoms with van der Waals surface area (Å²) in [6.45, 7) is 5.24. The Morgan fingerprint density at radius 1 is 0.569 bits per heavy atom. The number of rotatable bonds is 16. The molecule has 8 aromatic heterocycles. The second-order valence-corrected chi connectivity index (χ2v) is 13.9. The quantitative estimate of drug-likeness (QED) is 0.0903. The van der Waals surface area contributed by atoms with Gasteiger partial charge >= 0.3 is 0 Å². The van der Waals surface area contributed by atoms with E-state index in [1.54, 1.807) is 28.4 Å². The normalized spacial score (nSPS) is 11.0. The van der Waals surface area contributed by atoms with Gasteiger partial charge in [-0.05, 0) is 99.5 Å². The fourth-order valence-corrected chi connectivity index (χ4v) is 6.84. The van der Waals surface area contributed by atoms with E-state index < -0.39 is 0 Å². The van der Waals surface area contributed by atoms with Crippen molar-refractivity contribution in [3.8, 4) is 0 Å². The van der Waals surface area contributed by atoms with Crippen LogP contribution in [0.4, 0.5) is 0 Å². The van der Waals surface area contributed by atoms with Crippen LogP contribution in [0.1, 0.15) is 54.3 Å². The number of pyridine rings is 4. The molecular weight excluding hydrogens is 729 g/mol. The van der Waals surface area contributed by atoms with Crippen molar-refractivity contribution < 1.29 is 18.9 Å². The van der Waals surface area contributed by atoms with Gasteiger partial charge in [-0.3, -0.25) is 4.98 Å². The molecule has 308 valence electrons. The first-order valence-electron chi connectivity index (χ1n) is 20.1. The van der Waals surface area contributed by atoms with Gasteiger partial charge < -0.3 is 36.7 Å². The van der Waals surface area contributed by atoms with Gasteiger partial charge in [0, 0.05) is 106 Å². The highest BCUT2D eigenvalue weighted by Crippen LogP contribution is 2.19. The van der Waals surface area contributed by atoms with Crippen LogP contribution in [0.3, 0.4) is 0 Å². The largest absolute Gasteiger partial charge is 0.385 e. The third-order valence-corrected chi connectivity index (χ3v) is 9.72. The fraction of sp³-hybridized carbons (Fsp3) is 0.391. The number of aryl methyl sites for hydroxylation is 6. The van der Waals surface area contributed by atoms with Gasteiger partial charge in [0.05, 0.1) is 51.5 Å². The first-order chi connectivity index (χ1) is 28.5. The lowest BCUT2D eigenvalue weighted by Crippen LogP contribution is -1.97. The number of hydrogen-bond donors (Lipinski definition) is 0. The summed E-state index contributed by atoms with van der Waals surface area (Å²) in [7, 11) is 8.98. The summed E-state index contributed by atoms with van der Waals surface area (Å²) in [5.74, 6) is 2.23. The molecule has 12 nitrogen and oxygen atoms in total. The molecule has 0 saturated carbocycles. The lowest BCUT2D eigenvalue weighted by molar-refractivity contribution is 0.194. The predicted octanol–water partition coefficient (Wildman–Crippen LogP) is 8.20. The number of imidazole rings is 3. The molecule has 8 heterocycles. The molecule has 12 heteroatoms. The van der Waals surface area contributed by atoms with Gasteiger partial charge in [0.25, 0.3) is 0 Å². The molecule has 0 aliphatic rings. The zero-order valence-electron chi connectivity index (χ0n) is 35.1. The molecule has 0 bridgehead atoms. The van der Waals surface area contributed by atoms with Crippen molar-refractivity contribution in [1.29, 1.82) is 0 Å². The summed E-state index contributed by atoms with van der Waals surface area (Å²) < 4.78 is 28.6. The zero-order valence-corrected chi connectivity index (χ0v) is 35.1. The first kappa shape index (κ1) is 43.7. The standard InChI is InChI=1S/2C12H16N2O.2C11H14N2O/c1-14-9-10(5-4-8-15-2)12-11(14)6-3-7-13-12;1-10-11-6-3-4-8-14(11)12(13-10)7-5-9-15-2;1-14-8-4-5-10-11-6-2-3-7-13(11)9-12-10;1-14-8-4-6-11-12-9-10-5-2-3-7-13(10)11/h3,6-7,9H,4-5,8H2,1-2H3;3-4,6,8H,5,7,9H2,1-2H3;2-3,6-7,9H,4-5,8H2,1H3;2-3,5,7,9H,4,6,8H2,1H3. The highest BCUT2D eigenvalue weighted by molar-refractivity contribution is 5.79. The maximum Gasteiger partial charge on any atom is 0.113 e. The monoisotopic (exact) mass is 788 g/mol. The minimum absolute atomic E-state index is 0.792. The number of ether oxygens (including phenoxy) is 4. The van der Waals surface area contributed by atoms with E-state index in [0.29, 0.717) is 0 Å². The predicted molar refractivity (Wildman–Crippen MR) is 232 cm³/mol. The second kappa shape index (κ2) is 23.7. The molecule has 0 aliphatic heterocycles.